The number of benzene rings is 1. The lowest BCUT2D eigenvalue weighted by atomic mass is 10.2. The van der Waals surface area contributed by atoms with Crippen molar-refractivity contribution in [2.24, 2.45) is 0 Å². The maximum absolute atomic E-state index is 11.1. The van der Waals surface area contributed by atoms with Crippen LogP contribution in [0.1, 0.15) is 23.0 Å². The van der Waals surface area contributed by atoms with Gasteiger partial charge in [-0.2, -0.15) is 0 Å². The summed E-state index contributed by atoms with van der Waals surface area (Å²) < 4.78 is 1.01. The van der Waals surface area contributed by atoms with Crippen molar-refractivity contribution in [3.8, 4) is 0 Å². The highest BCUT2D eigenvalue weighted by molar-refractivity contribution is 7.21. The number of hydrogen-bond acceptors (Lipinski definition) is 3. The predicted octanol–water partition coefficient (Wildman–Crippen LogP) is 3.42. The first-order chi connectivity index (χ1) is 7.74. The van der Waals surface area contributed by atoms with Gasteiger partial charge < -0.3 is 10.4 Å². The van der Waals surface area contributed by atoms with E-state index in [0.29, 0.717) is 4.88 Å². The second kappa shape index (κ2) is 4.53. The van der Waals surface area contributed by atoms with Gasteiger partial charge in [-0.25, -0.2) is 4.79 Å². The zero-order valence-electron chi connectivity index (χ0n) is 8.99. The van der Waals surface area contributed by atoms with E-state index in [-0.39, 0.29) is 0 Å². The highest BCUT2D eigenvalue weighted by atomic mass is 32.1. The SMILES string of the molecule is CCCNc1c(C(=O)O)sc2ccccc12. The Morgan fingerprint density at radius 1 is 1.44 bits per heavy atom. The first-order valence-corrected chi connectivity index (χ1v) is 6.04. The van der Waals surface area contributed by atoms with Crippen molar-refractivity contribution in [3.63, 3.8) is 0 Å². The van der Waals surface area contributed by atoms with Crippen LogP contribution in [-0.2, 0) is 0 Å². The van der Waals surface area contributed by atoms with E-state index in [4.69, 9.17) is 5.11 Å². The zero-order valence-corrected chi connectivity index (χ0v) is 9.80. The smallest absolute Gasteiger partial charge is 0.348 e. The maximum atomic E-state index is 11.1. The third kappa shape index (κ3) is 1.88. The van der Waals surface area contributed by atoms with Crippen LogP contribution in [0.3, 0.4) is 0 Å². The molecule has 0 spiro atoms. The second-order valence-corrected chi connectivity index (χ2v) is 4.59. The minimum atomic E-state index is -0.861. The average molecular weight is 235 g/mol. The lowest BCUT2D eigenvalue weighted by Gasteiger charge is -2.04. The number of hydrogen-bond donors (Lipinski definition) is 2. The van der Waals surface area contributed by atoms with Gasteiger partial charge in [0.15, 0.2) is 0 Å². The number of carboxylic acid groups (broad SMARTS) is 1. The lowest BCUT2D eigenvalue weighted by Crippen LogP contribution is -2.04. The molecule has 0 aliphatic rings. The van der Waals surface area contributed by atoms with Crippen molar-refractivity contribution >= 4 is 33.1 Å². The van der Waals surface area contributed by atoms with Crippen molar-refractivity contribution in [2.75, 3.05) is 11.9 Å². The van der Waals surface area contributed by atoms with E-state index in [2.05, 4.69) is 12.2 Å². The van der Waals surface area contributed by atoms with Crippen LogP contribution in [0, 0.1) is 0 Å². The summed E-state index contributed by atoms with van der Waals surface area (Å²) in [6, 6.07) is 7.76. The van der Waals surface area contributed by atoms with Gasteiger partial charge >= 0.3 is 5.97 Å². The Morgan fingerprint density at radius 3 is 2.88 bits per heavy atom. The Balaban J connectivity index is 2.55. The zero-order chi connectivity index (χ0) is 11.5. The summed E-state index contributed by atoms with van der Waals surface area (Å²) in [6.45, 7) is 2.85. The quantitative estimate of drug-likeness (QED) is 0.853. The monoisotopic (exact) mass is 235 g/mol. The van der Waals surface area contributed by atoms with E-state index in [1.54, 1.807) is 0 Å². The molecule has 84 valence electrons. The molecule has 1 heterocycles. The van der Waals surface area contributed by atoms with Crippen LogP contribution in [0.15, 0.2) is 24.3 Å². The van der Waals surface area contributed by atoms with Crippen LogP contribution in [0.5, 0.6) is 0 Å². The molecule has 16 heavy (non-hydrogen) atoms. The van der Waals surface area contributed by atoms with Gasteiger partial charge in [-0.1, -0.05) is 25.1 Å². The van der Waals surface area contributed by atoms with Gasteiger partial charge in [0.2, 0.25) is 0 Å². The molecule has 3 nitrogen and oxygen atoms in total. The highest BCUT2D eigenvalue weighted by Gasteiger charge is 2.16. The molecule has 4 heteroatoms. The topological polar surface area (TPSA) is 49.3 Å². The van der Waals surface area contributed by atoms with Crippen LogP contribution in [-0.4, -0.2) is 17.6 Å². The predicted molar refractivity (Wildman–Crippen MR) is 67.6 cm³/mol. The molecule has 0 unspecified atom stereocenters. The van der Waals surface area contributed by atoms with Crippen LogP contribution >= 0.6 is 11.3 Å². The normalized spacial score (nSPS) is 10.6. The third-order valence-corrected chi connectivity index (χ3v) is 3.50. The van der Waals surface area contributed by atoms with Gasteiger partial charge in [0.1, 0.15) is 4.88 Å². The Morgan fingerprint density at radius 2 is 2.19 bits per heavy atom. The summed E-state index contributed by atoms with van der Waals surface area (Å²) in [4.78, 5) is 11.5. The summed E-state index contributed by atoms with van der Waals surface area (Å²) in [7, 11) is 0. The van der Waals surface area contributed by atoms with Crippen molar-refractivity contribution in [2.45, 2.75) is 13.3 Å². The average Bonchev–Trinajstić information content (AvgIpc) is 2.65. The fourth-order valence-electron chi connectivity index (χ4n) is 1.62. The number of rotatable bonds is 4. The van der Waals surface area contributed by atoms with Gasteiger partial charge in [-0.3, -0.25) is 0 Å². The molecular weight excluding hydrogens is 222 g/mol. The van der Waals surface area contributed by atoms with Crippen molar-refractivity contribution in [3.05, 3.63) is 29.1 Å². The van der Waals surface area contributed by atoms with Crippen LogP contribution in [0.4, 0.5) is 5.69 Å². The van der Waals surface area contributed by atoms with E-state index < -0.39 is 5.97 Å². The van der Waals surface area contributed by atoms with Crippen molar-refractivity contribution in [1.82, 2.24) is 0 Å². The van der Waals surface area contributed by atoms with Gasteiger partial charge in [-0.05, 0) is 12.5 Å². The fourth-order valence-corrected chi connectivity index (χ4v) is 2.64. The van der Waals surface area contributed by atoms with Gasteiger partial charge in [0, 0.05) is 16.6 Å². The summed E-state index contributed by atoms with van der Waals surface area (Å²) in [6.07, 6.45) is 0.975. The van der Waals surface area contributed by atoms with Gasteiger partial charge in [-0.15, -0.1) is 11.3 Å². The number of aromatic carboxylic acids is 1. The molecule has 0 saturated heterocycles. The van der Waals surface area contributed by atoms with Crippen molar-refractivity contribution in [1.29, 1.82) is 0 Å². The Hall–Kier alpha value is -1.55. The molecule has 0 bridgehead atoms. The third-order valence-electron chi connectivity index (χ3n) is 2.34. The summed E-state index contributed by atoms with van der Waals surface area (Å²) in [5.74, 6) is -0.861. The largest absolute Gasteiger partial charge is 0.477 e. The van der Waals surface area contributed by atoms with E-state index in [0.717, 1.165) is 28.7 Å². The molecule has 0 atom stereocenters. The molecule has 1 aromatic carbocycles. The van der Waals surface area contributed by atoms with Gasteiger partial charge in [0.05, 0.1) is 5.69 Å². The molecule has 2 rings (SSSR count). The Labute approximate surface area is 97.7 Å². The van der Waals surface area contributed by atoms with E-state index in [1.807, 2.05) is 24.3 Å². The lowest BCUT2D eigenvalue weighted by molar-refractivity contribution is 0.0703. The summed E-state index contributed by atoms with van der Waals surface area (Å²) in [5.41, 5.74) is 0.759. The number of fused-ring (bicyclic) bond motifs is 1. The van der Waals surface area contributed by atoms with Crippen molar-refractivity contribution < 1.29 is 9.90 Å². The van der Waals surface area contributed by atoms with Crippen LogP contribution in [0.2, 0.25) is 0 Å². The maximum Gasteiger partial charge on any atom is 0.348 e. The molecule has 1 aromatic heterocycles. The summed E-state index contributed by atoms with van der Waals surface area (Å²) in [5, 5.41) is 13.3. The minimum Gasteiger partial charge on any atom is -0.477 e. The number of anilines is 1. The molecule has 0 saturated carbocycles. The Kier molecular flexibility index (Phi) is 3.10. The molecule has 0 aliphatic carbocycles. The van der Waals surface area contributed by atoms with Crippen LogP contribution in [0.25, 0.3) is 10.1 Å². The number of thiophene rings is 1. The molecule has 0 amide bonds. The van der Waals surface area contributed by atoms with E-state index >= 15 is 0 Å². The number of carbonyl (C=O) groups is 1. The standard InChI is InChI=1S/C12H13NO2S/c1-2-7-13-10-8-5-3-4-6-9(8)16-11(10)12(14)15/h3-6,13H,2,7H2,1H3,(H,14,15). The first-order valence-electron chi connectivity index (χ1n) is 5.22. The second-order valence-electron chi connectivity index (χ2n) is 3.53. The minimum absolute atomic E-state index is 0.398. The van der Waals surface area contributed by atoms with Gasteiger partial charge in [0.25, 0.3) is 0 Å². The number of nitrogens with one attached hydrogen (secondary N) is 1. The molecule has 0 radical (unpaired) electrons. The molecule has 2 aromatic rings. The van der Waals surface area contributed by atoms with E-state index in [1.165, 1.54) is 11.3 Å². The van der Waals surface area contributed by atoms with E-state index in [9.17, 15) is 4.79 Å². The highest BCUT2D eigenvalue weighted by Crippen LogP contribution is 2.35. The molecule has 0 aliphatic heterocycles. The first kappa shape index (κ1) is 11.0. The molecule has 2 N–H and O–H groups in total. The van der Waals surface area contributed by atoms with Crippen LogP contribution < -0.4 is 5.32 Å². The fraction of sp³-hybridized carbons (Fsp3) is 0.250. The Bertz CT molecular complexity index is 519. The molecule has 0 fully saturated rings. The number of carboxylic acids is 1. The summed E-state index contributed by atoms with van der Waals surface area (Å²) >= 11 is 1.32. The molecular formula is C12H13NO2S.